The van der Waals surface area contributed by atoms with Crippen molar-refractivity contribution in [1.82, 2.24) is 4.98 Å². The largest absolute Gasteiger partial charge is 0.245 e. The lowest BCUT2D eigenvalue weighted by atomic mass is 10.4. The lowest BCUT2D eigenvalue weighted by molar-refractivity contribution is 0.626. The molecule has 0 unspecified atom stereocenters. The van der Waals surface area contributed by atoms with E-state index < -0.39 is 0 Å². The number of hydrogen-bond donors (Lipinski definition) is 0. The Hall–Kier alpha value is -0.870. The summed E-state index contributed by atoms with van der Waals surface area (Å²) >= 11 is 3.39. The molecule has 2 rings (SSSR count). The molecule has 2 aromatic rings. The molecular formula is C12H12FNS2. The van der Waals surface area contributed by atoms with Crippen molar-refractivity contribution in [2.75, 3.05) is 0 Å². The van der Waals surface area contributed by atoms with E-state index in [1.54, 1.807) is 35.2 Å². The van der Waals surface area contributed by atoms with Gasteiger partial charge in [-0.1, -0.05) is 6.92 Å². The molecule has 1 nitrogen and oxygen atoms in total. The Balaban J connectivity index is 1.94. The van der Waals surface area contributed by atoms with Crippen molar-refractivity contribution in [1.29, 1.82) is 0 Å². The number of hydrogen-bond acceptors (Lipinski definition) is 3. The van der Waals surface area contributed by atoms with Crippen LogP contribution in [-0.2, 0) is 12.2 Å². The number of thioether (sulfide) groups is 1. The van der Waals surface area contributed by atoms with Crippen LogP contribution in [0.3, 0.4) is 0 Å². The molecule has 1 aromatic carbocycles. The quantitative estimate of drug-likeness (QED) is 0.760. The number of halogens is 1. The second kappa shape index (κ2) is 5.46. The lowest BCUT2D eigenvalue weighted by Crippen LogP contribution is -1.83. The zero-order valence-electron chi connectivity index (χ0n) is 8.94. The molecule has 1 aromatic heterocycles. The van der Waals surface area contributed by atoms with E-state index >= 15 is 0 Å². The standard InChI is InChI=1S/C12H12FNS2/c1-2-12-14-10(8-16-12)7-15-11-5-3-9(13)4-6-11/h3-6,8H,2,7H2,1H3. The summed E-state index contributed by atoms with van der Waals surface area (Å²) in [5.74, 6) is 0.661. The summed E-state index contributed by atoms with van der Waals surface area (Å²) in [5, 5.41) is 3.27. The molecule has 0 saturated heterocycles. The Morgan fingerprint density at radius 1 is 1.31 bits per heavy atom. The van der Waals surface area contributed by atoms with Crippen LogP contribution < -0.4 is 0 Å². The van der Waals surface area contributed by atoms with E-state index in [-0.39, 0.29) is 5.82 Å². The third-order valence-corrected chi connectivity index (χ3v) is 4.19. The molecule has 0 bridgehead atoms. The van der Waals surface area contributed by atoms with Crippen LogP contribution in [0.4, 0.5) is 4.39 Å². The maximum atomic E-state index is 12.7. The third kappa shape index (κ3) is 3.06. The highest BCUT2D eigenvalue weighted by molar-refractivity contribution is 7.98. The second-order valence-corrected chi connectivity index (χ2v) is 5.32. The minimum absolute atomic E-state index is 0.189. The number of aryl methyl sites for hydroxylation is 1. The SMILES string of the molecule is CCc1nc(CSc2ccc(F)cc2)cs1. The van der Waals surface area contributed by atoms with Crippen molar-refractivity contribution < 1.29 is 4.39 Å². The first-order valence-electron chi connectivity index (χ1n) is 5.09. The Morgan fingerprint density at radius 3 is 2.69 bits per heavy atom. The molecule has 0 saturated carbocycles. The number of nitrogens with zero attached hydrogens (tertiary/aromatic N) is 1. The molecule has 0 aliphatic carbocycles. The minimum Gasteiger partial charge on any atom is -0.245 e. The average Bonchev–Trinajstić information content (AvgIpc) is 2.76. The van der Waals surface area contributed by atoms with Crippen molar-refractivity contribution in [2.45, 2.75) is 24.0 Å². The fourth-order valence-electron chi connectivity index (χ4n) is 1.27. The van der Waals surface area contributed by atoms with Gasteiger partial charge in [0.15, 0.2) is 0 Å². The normalized spacial score (nSPS) is 10.6. The van der Waals surface area contributed by atoms with Crippen LogP contribution in [0.15, 0.2) is 34.5 Å². The minimum atomic E-state index is -0.189. The molecule has 4 heteroatoms. The fourth-order valence-corrected chi connectivity index (χ4v) is 2.91. The van der Waals surface area contributed by atoms with Crippen molar-refractivity contribution in [3.05, 3.63) is 46.2 Å². The summed E-state index contributed by atoms with van der Waals surface area (Å²) in [6, 6.07) is 6.57. The van der Waals surface area contributed by atoms with E-state index in [9.17, 15) is 4.39 Å². The third-order valence-electron chi connectivity index (χ3n) is 2.10. The van der Waals surface area contributed by atoms with E-state index in [2.05, 4.69) is 17.3 Å². The summed E-state index contributed by atoms with van der Waals surface area (Å²) in [5.41, 5.74) is 1.11. The van der Waals surface area contributed by atoms with Crippen LogP contribution in [-0.4, -0.2) is 4.98 Å². The van der Waals surface area contributed by atoms with E-state index in [1.807, 2.05) is 0 Å². The van der Waals surface area contributed by atoms with Gasteiger partial charge in [0.1, 0.15) is 5.82 Å². The fraction of sp³-hybridized carbons (Fsp3) is 0.250. The Kier molecular flexibility index (Phi) is 3.96. The van der Waals surface area contributed by atoms with Crippen LogP contribution in [0.2, 0.25) is 0 Å². The summed E-state index contributed by atoms with van der Waals surface area (Å²) in [7, 11) is 0. The zero-order valence-corrected chi connectivity index (χ0v) is 10.6. The maximum Gasteiger partial charge on any atom is 0.123 e. The smallest absolute Gasteiger partial charge is 0.123 e. The first-order chi connectivity index (χ1) is 7.78. The molecule has 16 heavy (non-hydrogen) atoms. The summed E-state index contributed by atoms with van der Waals surface area (Å²) in [4.78, 5) is 5.56. The van der Waals surface area contributed by atoms with Gasteiger partial charge in [0, 0.05) is 16.0 Å². The first-order valence-corrected chi connectivity index (χ1v) is 6.96. The van der Waals surface area contributed by atoms with Crippen LogP contribution in [0.5, 0.6) is 0 Å². The monoisotopic (exact) mass is 253 g/mol. The second-order valence-electron chi connectivity index (χ2n) is 3.33. The Morgan fingerprint density at radius 2 is 2.06 bits per heavy atom. The van der Waals surface area contributed by atoms with Crippen molar-refractivity contribution in [2.24, 2.45) is 0 Å². The van der Waals surface area contributed by atoms with Crippen LogP contribution >= 0.6 is 23.1 Å². The van der Waals surface area contributed by atoms with E-state index in [0.717, 1.165) is 22.8 Å². The van der Waals surface area contributed by atoms with Gasteiger partial charge >= 0.3 is 0 Å². The van der Waals surface area contributed by atoms with Crippen molar-refractivity contribution >= 4 is 23.1 Å². The summed E-state index contributed by atoms with van der Waals surface area (Å²) in [6.45, 7) is 2.11. The molecule has 0 radical (unpaired) electrons. The van der Waals surface area contributed by atoms with Crippen molar-refractivity contribution in [3.63, 3.8) is 0 Å². The molecule has 0 fully saturated rings. The molecule has 0 aliphatic heterocycles. The highest BCUT2D eigenvalue weighted by Crippen LogP contribution is 2.23. The van der Waals surface area contributed by atoms with Gasteiger partial charge in [0.05, 0.1) is 10.7 Å². The summed E-state index contributed by atoms with van der Waals surface area (Å²) in [6.07, 6.45) is 0.992. The Bertz CT molecular complexity index is 450. The predicted molar refractivity (Wildman–Crippen MR) is 67.5 cm³/mol. The van der Waals surface area contributed by atoms with Crippen LogP contribution in [0.25, 0.3) is 0 Å². The van der Waals surface area contributed by atoms with E-state index in [4.69, 9.17) is 0 Å². The topological polar surface area (TPSA) is 12.9 Å². The first kappa shape index (κ1) is 11.6. The van der Waals surface area contributed by atoms with Gasteiger partial charge in [0.25, 0.3) is 0 Å². The lowest BCUT2D eigenvalue weighted by Gasteiger charge is -1.98. The van der Waals surface area contributed by atoms with Gasteiger partial charge in [-0.3, -0.25) is 0 Å². The Labute approximate surface area is 103 Å². The highest BCUT2D eigenvalue weighted by Gasteiger charge is 2.01. The van der Waals surface area contributed by atoms with Gasteiger partial charge in [0.2, 0.25) is 0 Å². The van der Waals surface area contributed by atoms with Gasteiger partial charge in [-0.15, -0.1) is 23.1 Å². The number of thiazole rings is 1. The molecular weight excluding hydrogens is 241 g/mol. The van der Waals surface area contributed by atoms with Gasteiger partial charge in [-0.2, -0.15) is 0 Å². The molecule has 1 heterocycles. The van der Waals surface area contributed by atoms with E-state index in [0.29, 0.717) is 0 Å². The van der Waals surface area contributed by atoms with Crippen molar-refractivity contribution in [3.8, 4) is 0 Å². The van der Waals surface area contributed by atoms with Gasteiger partial charge in [-0.05, 0) is 30.7 Å². The molecule has 0 atom stereocenters. The molecule has 0 aliphatic rings. The molecule has 0 N–H and O–H groups in total. The number of rotatable bonds is 4. The zero-order chi connectivity index (χ0) is 11.4. The van der Waals surface area contributed by atoms with Gasteiger partial charge in [-0.25, -0.2) is 9.37 Å². The number of benzene rings is 1. The van der Waals surface area contributed by atoms with E-state index in [1.165, 1.54) is 17.1 Å². The van der Waals surface area contributed by atoms with Crippen LogP contribution in [0, 0.1) is 5.82 Å². The highest BCUT2D eigenvalue weighted by atomic mass is 32.2. The molecule has 0 amide bonds. The van der Waals surface area contributed by atoms with Gasteiger partial charge < -0.3 is 0 Å². The van der Waals surface area contributed by atoms with Crippen LogP contribution in [0.1, 0.15) is 17.6 Å². The average molecular weight is 253 g/mol. The maximum absolute atomic E-state index is 12.7. The number of aromatic nitrogens is 1. The molecule has 84 valence electrons. The predicted octanol–water partition coefficient (Wildman–Crippen LogP) is 4.14. The summed E-state index contributed by atoms with van der Waals surface area (Å²) < 4.78 is 12.7. The molecule has 0 spiro atoms.